The lowest BCUT2D eigenvalue weighted by Crippen LogP contribution is -2.43. The van der Waals surface area contributed by atoms with Crippen LogP contribution in [0.1, 0.15) is 54.1 Å². The Morgan fingerprint density at radius 3 is 2.48 bits per heavy atom. The molecule has 1 aromatic rings. The van der Waals surface area contributed by atoms with Gasteiger partial charge in [0, 0.05) is 18.9 Å². The van der Waals surface area contributed by atoms with E-state index in [4.69, 9.17) is 4.74 Å². The molecule has 0 unspecified atom stereocenters. The maximum Gasteiger partial charge on any atom is 0.336 e. The Morgan fingerprint density at radius 2 is 1.96 bits per heavy atom. The van der Waals surface area contributed by atoms with E-state index in [1.165, 1.54) is 0 Å². The molecule has 1 aliphatic carbocycles. The fourth-order valence-electron chi connectivity index (χ4n) is 3.08. The zero-order valence-electron chi connectivity index (χ0n) is 14.1. The Balaban J connectivity index is 2.16. The van der Waals surface area contributed by atoms with Crippen LogP contribution in [-0.4, -0.2) is 30.2 Å². The second kappa shape index (κ2) is 7.13. The molecule has 1 aromatic carbocycles. The van der Waals surface area contributed by atoms with E-state index in [9.17, 15) is 14.7 Å². The maximum absolute atomic E-state index is 12.7. The summed E-state index contributed by atoms with van der Waals surface area (Å²) in [5.74, 6) is -1.00. The number of hydrogen-bond acceptors (Lipinski definition) is 3. The summed E-state index contributed by atoms with van der Waals surface area (Å²) in [6.45, 7) is 6.81. The predicted molar refractivity (Wildman–Crippen MR) is 88.9 cm³/mol. The van der Waals surface area contributed by atoms with Gasteiger partial charge in [0.25, 0.3) is 0 Å². The standard InChI is InChI=1S/C18H25NO4/c1-4-23-9-8-18(6-5-7-18)17(22)19-15-11-14(16(20)21)12(2)10-13(15)3/h10-11H,4-9H2,1-3H3,(H,19,22)(H,20,21). The summed E-state index contributed by atoms with van der Waals surface area (Å²) in [6.07, 6.45) is 3.49. The third kappa shape index (κ3) is 3.72. The first-order valence-corrected chi connectivity index (χ1v) is 8.13. The highest BCUT2D eigenvalue weighted by Crippen LogP contribution is 2.45. The highest BCUT2D eigenvalue weighted by molar-refractivity contribution is 5.98. The number of carboxylic acid groups (broad SMARTS) is 1. The van der Waals surface area contributed by atoms with Gasteiger partial charge in [0.1, 0.15) is 0 Å². The molecule has 1 aliphatic rings. The van der Waals surface area contributed by atoms with Gasteiger partial charge in [-0.1, -0.05) is 12.5 Å². The number of aromatic carboxylic acids is 1. The molecule has 1 saturated carbocycles. The smallest absolute Gasteiger partial charge is 0.336 e. The number of carbonyl (C=O) groups excluding carboxylic acids is 1. The second-order valence-corrected chi connectivity index (χ2v) is 6.32. The van der Waals surface area contributed by atoms with Crippen molar-refractivity contribution in [3.8, 4) is 0 Å². The van der Waals surface area contributed by atoms with E-state index in [1.807, 2.05) is 13.8 Å². The van der Waals surface area contributed by atoms with Gasteiger partial charge in [0.05, 0.1) is 11.0 Å². The monoisotopic (exact) mass is 319 g/mol. The van der Waals surface area contributed by atoms with Gasteiger partial charge in [-0.05, 0) is 57.2 Å². The van der Waals surface area contributed by atoms with Crippen molar-refractivity contribution in [2.24, 2.45) is 5.41 Å². The fraction of sp³-hybridized carbons (Fsp3) is 0.556. The topological polar surface area (TPSA) is 75.6 Å². The lowest BCUT2D eigenvalue weighted by molar-refractivity contribution is -0.132. The van der Waals surface area contributed by atoms with Gasteiger partial charge in [-0.15, -0.1) is 0 Å². The lowest BCUT2D eigenvalue weighted by Gasteiger charge is -2.40. The third-order valence-electron chi connectivity index (χ3n) is 4.77. The van der Waals surface area contributed by atoms with Crippen molar-refractivity contribution in [3.05, 3.63) is 28.8 Å². The first kappa shape index (κ1) is 17.5. The summed E-state index contributed by atoms with van der Waals surface area (Å²) in [5, 5.41) is 12.2. The molecule has 0 atom stereocenters. The summed E-state index contributed by atoms with van der Waals surface area (Å²) < 4.78 is 5.40. The zero-order chi connectivity index (χ0) is 17.0. The van der Waals surface area contributed by atoms with Crippen LogP contribution in [-0.2, 0) is 9.53 Å². The SMILES string of the molecule is CCOCCC1(C(=O)Nc2cc(C(=O)O)c(C)cc2C)CCC1. The van der Waals surface area contributed by atoms with Crippen LogP contribution in [0.3, 0.4) is 0 Å². The quantitative estimate of drug-likeness (QED) is 0.754. The average molecular weight is 319 g/mol. The minimum absolute atomic E-state index is 0.0215. The minimum Gasteiger partial charge on any atom is -0.478 e. The average Bonchev–Trinajstić information content (AvgIpc) is 2.44. The van der Waals surface area contributed by atoms with Crippen LogP contribution < -0.4 is 5.32 Å². The van der Waals surface area contributed by atoms with Crippen molar-refractivity contribution in [1.82, 2.24) is 0 Å². The molecule has 0 aromatic heterocycles. The summed E-state index contributed by atoms with van der Waals surface area (Å²) in [6, 6.07) is 3.35. The molecule has 5 nitrogen and oxygen atoms in total. The number of aryl methyl sites for hydroxylation is 2. The van der Waals surface area contributed by atoms with Crippen molar-refractivity contribution >= 4 is 17.6 Å². The van der Waals surface area contributed by atoms with Crippen LogP contribution in [0.2, 0.25) is 0 Å². The number of hydrogen-bond donors (Lipinski definition) is 2. The first-order chi connectivity index (χ1) is 10.9. The van der Waals surface area contributed by atoms with E-state index in [2.05, 4.69) is 5.32 Å². The van der Waals surface area contributed by atoms with Crippen molar-refractivity contribution < 1.29 is 19.4 Å². The van der Waals surface area contributed by atoms with Crippen molar-refractivity contribution in [3.63, 3.8) is 0 Å². The molecule has 1 amide bonds. The van der Waals surface area contributed by atoms with Crippen LogP contribution in [0, 0.1) is 19.3 Å². The maximum atomic E-state index is 12.7. The number of nitrogens with one attached hydrogen (secondary N) is 1. The molecule has 126 valence electrons. The molecule has 2 rings (SSSR count). The van der Waals surface area contributed by atoms with Crippen molar-refractivity contribution in [1.29, 1.82) is 0 Å². The van der Waals surface area contributed by atoms with E-state index < -0.39 is 5.97 Å². The van der Waals surface area contributed by atoms with Crippen molar-refractivity contribution in [2.75, 3.05) is 18.5 Å². The Kier molecular flexibility index (Phi) is 5.42. The Morgan fingerprint density at radius 1 is 1.26 bits per heavy atom. The molecule has 0 aliphatic heterocycles. The molecular weight excluding hydrogens is 294 g/mol. The highest BCUT2D eigenvalue weighted by Gasteiger charge is 2.43. The Labute approximate surface area is 137 Å². The molecule has 0 saturated heterocycles. The van der Waals surface area contributed by atoms with E-state index in [-0.39, 0.29) is 16.9 Å². The molecule has 0 radical (unpaired) electrons. The number of anilines is 1. The zero-order valence-corrected chi connectivity index (χ0v) is 14.1. The van der Waals surface area contributed by atoms with E-state index in [0.717, 1.165) is 24.8 Å². The summed E-state index contributed by atoms with van der Waals surface area (Å²) in [7, 11) is 0. The van der Waals surface area contributed by atoms with Crippen molar-refractivity contribution in [2.45, 2.75) is 46.5 Å². The molecule has 0 heterocycles. The van der Waals surface area contributed by atoms with Gasteiger partial charge in [-0.2, -0.15) is 0 Å². The molecule has 23 heavy (non-hydrogen) atoms. The molecule has 2 N–H and O–H groups in total. The lowest BCUT2D eigenvalue weighted by atomic mass is 9.66. The molecule has 5 heteroatoms. The van der Waals surface area contributed by atoms with Gasteiger partial charge < -0.3 is 15.2 Å². The second-order valence-electron chi connectivity index (χ2n) is 6.32. The van der Waals surface area contributed by atoms with Gasteiger partial charge >= 0.3 is 5.97 Å². The van der Waals surface area contributed by atoms with Gasteiger partial charge in [-0.25, -0.2) is 4.79 Å². The molecule has 0 spiro atoms. The van der Waals surface area contributed by atoms with Crippen LogP contribution >= 0.6 is 0 Å². The summed E-state index contributed by atoms with van der Waals surface area (Å²) in [5.41, 5.74) is 2.02. The van der Waals surface area contributed by atoms with Gasteiger partial charge in [0.2, 0.25) is 5.91 Å². The number of amides is 1. The molecule has 1 fully saturated rings. The predicted octanol–water partition coefficient (Wildman–Crippen LogP) is 3.54. The Hall–Kier alpha value is -1.88. The van der Waals surface area contributed by atoms with E-state index in [1.54, 1.807) is 19.1 Å². The normalized spacial score (nSPS) is 15.8. The summed E-state index contributed by atoms with van der Waals surface area (Å²) >= 11 is 0. The van der Waals surface area contributed by atoms with Gasteiger partial charge in [-0.3, -0.25) is 4.79 Å². The number of carboxylic acids is 1. The Bertz CT molecular complexity index is 605. The van der Waals surface area contributed by atoms with Crippen LogP contribution in [0.15, 0.2) is 12.1 Å². The first-order valence-electron chi connectivity index (χ1n) is 8.13. The van der Waals surface area contributed by atoms with Gasteiger partial charge in [0.15, 0.2) is 0 Å². The number of benzene rings is 1. The minimum atomic E-state index is -0.979. The fourth-order valence-corrected chi connectivity index (χ4v) is 3.08. The number of ether oxygens (including phenoxy) is 1. The van der Waals surface area contributed by atoms with E-state index in [0.29, 0.717) is 30.9 Å². The number of carbonyl (C=O) groups is 2. The van der Waals surface area contributed by atoms with E-state index >= 15 is 0 Å². The van der Waals surface area contributed by atoms with Crippen LogP contribution in [0.25, 0.3) is 0 Å². The molecule has 0 bridgehead atoms. The van der Waals surface area contributed by atoms with Crippen LogP contribution in [0.5, 0.6) is 0 Å². The highest BCUT2D eigenvalue weighted by atomic mass is 16.5. The summed E-state index contributed by atoms with van der Waals surface area (Å²) in [4.78, 5) is 24.0. The number of rotatable bonds is 7. The molecular formula is C18H25NO4. The third-order valence-corrected chi connectivity index (χ3v) is 4.77. The largest absolute Gasteiger partial charge is 0.478 e. The van der Waals surface area contributed by atoms with Crippen LogP contribution in [0.4, 0.5) is 5.69 Å².